The first-order valence-corrected chi connectivity index (χ1v) is 8.71. The molecule has 1 atom stereocenters. The van der Waals surface area contributed by atoms with E-state index in [0.717, 1.165) is 29.1 Å². The van der Waals surface area contributed by atoms with Gasteiger partial charge in [-0.15, -0.1) is 11.3 Å². The highest BCUT2D eigenvalue weighted by Gasteiger charge is 2.28. The summed E-state index contributed by atoms with van der Waals surface area (Å²) in [5.41, 5.74) is 9.42. The van der Waals surface area contributed by atoms with Gasteiger partial charge >= 0.3 is 0 Å². The molecule has 4 nitrogen and oxygen atoms in total. The molecule has 1 unspecified atom stereocenters. The molecule has 0 saturated heterocycles. The van der Waals surface area contributed by atoms with Crippen LogP contribution in [0.1, 0.15) is 61.9 Å². The van der Waals surface area contributed by atoms with Crippen molar-refractivity contribution in [1.29, 1.82) is 0 Å². The van der Waals surface area contributed by atoms with Gasteiger partial charge in [0, 0.05) is 34.6 Å². The Hall–Kier alpha value is -1.62. The van der Waals surface area contributed by atoms with Crippen molar-refractivity contribution in [3.63, 3.8) is 0 Å². The van der Waals surface area contributed by atoms with E-state index in [2.05, 4.69) is 37.2 Å². The van der Waals surface area contributed by atoms with Crippen LogP contribution in [0.4, 0.5) is 0 Å². The van der Waals surface area contributed by atoms with E-state index in [-0.39, 0.29) is 5.91 Å². The number of primary amides is 1. The molecule has 2 rings (SSSR count). The van der Waals surface area contributed by atoms with Crippen LogP contribution < -0.4 is 5.73 Å². The summed E-state index contributed by atoms with van der Waals surface area (Å²) in [6.07, 6.45) is 3.71. The molecule has 0 aliphatic rings. The average molecular weight is 319 g/mol. The lowest BCUT2D eigenvalue weighted by molar-refractivity contribution is 0.1000. The van der Waals surface area contributed by atoms with E-state index >= 15 is 0 Å². The molecular formula is C17H25N3OS. The van der Waals surface area contributed by atoms with Crippen LogP contribution in [-0.4, -0.2) is 15.5 Å². The molecule has 2 aromatic heterocycles. The van der Waals surface area contributed by atoms with Crippen LogP contribution in [-0.2, 0) is 6.42 Å². The Labute approximate surface area is 136 Å². The highest BCUT2D eigenvalue weighted by Crippen LogP contribution is 2.37. The van der Waals surface area contributed by atoms with Gasteiger partial charge in [-0.3, -0.25) is 4.79 Å². The van der Waals surface area contributed by atoms with E-state index in [0.29, 0.717) is 17.5 Å². The maximum Gasteiger partial charge on any atom is 0.251 e. The van der Waals surface area contributed by atoms with Gasteiger partial charge in [0.2, 0.25) is 0 Å². The Kier molecular flexibility index (Phi) is 5.06. The minimum Gasteiger partial charge on any atom is -0.366 e. The minimum absolute atomic E-state index is 0.313. The number of thiazole rings is 1. The normalized spacial score (nSPS) is 12.8. The second kappa shape index (κ2) is 6.65. The van der Waals surface area contributed by atoms with Crippen LogP contribution in [0.2, 0.25) is 0 Å². The fourth-order valence-corrected chi connectivity index (χ4v) is 3.69. The maximum atomic E-state index is 12.1. The van der Waals surface area contributed by atoms with Gasteiger partial charge in [0.25, 0.3) is 5.91 Å². The molecule has 2 aromatic rings. The fourth-order valence-electron chi connectivity index (χ4n) is 2.98. The lowest BCUT2D eigenvalue weighted by Crippen LogP contribution is -2.17. The summed E-state index contributed by atoms with van der Waals surface area (Å²) >= 11 is 1.56. The number of carbonyl (C=O) groups is 1. The number of rotatable bonds is 6. The molecule has 2 N–H and O–H groups in total. The van der Waals surface area contributed by atoms with E-state index in [1.54, 1.807) is 17.5 Å². The first-order chi connectivity index (χ1) is 10.4. The van der Waals surface area contributed by atoms with Gasteiger partial charge in [0.15, 0.2) is 0 Å². The summed E-state index contributed by atoms with van der Waals surface area (Å²) in [6, 6.07) is 0.313. The summed E-state index contributed by atoms with van der Waals surface area (Å²) in [4.78, 5) is 16.5. The highest BCUT2D eigenvalue weighted by molar-refractivity contribution is 7.13. The number of aromatic nitrogens is 2. The van der Waals surface area contributed by atoms with Crippen LogP contribution in [0.3, 0.4) is 0 Å². The largest absolute Gasteiger partial charge is 0.366 e. The molecule has 0 aliphatic carbocycles. The molecule has 22 heavy (non-hydrogen) atoms. The second-order valence-electron chi connectivity index (χ2n) is 6.09. The number of nitrogens with two attached hydrogens (primary N) is 1. The predicted octanol–water partition coefficient (Wildman–Crippen LogP) is 4.19. The van der Waals surface area contributed by atoms with Gasteiger partial charge < -0.3 is 10.3 Å². The van der Waals surface area contributed by atoms with Crippen molar-refractivity contribution >= 4 is 17.2 Å². The zero-order valence-corrected chi connectivity index (χ0v) is 14.8. The maximum absolute atomic E-state index is 12.1. The molecule has 0 bridgehead atoms. The molecule has 1 amide bonds. The topological polar surface area (TPSA) is 60.9 Å². The van der Waals surface area contributed by atoms with Crippen molar-refractivity contribution in [1.82, 2.24) is 9.55 Å². The molecule has 120 valence electrons. The van der Waals surface area contributed by atoms with Gasteiger partial charge in [0.1, 0.15) is 5.01 Å². The van der Waals surface area contributed by atoms with Crippen molar-refractivity contribution < 1.29 is 4.79 Å². The van der Waals surface area contributed by atoms with E-state index in [1.165, 1.54) is 5.69 Å². The molecule has 0 radical (unpaired) electrons. The monoisotopic (exact) mass is 319 g/mol. The molecular weight excluding hydrogens is 294 g/mol. The Bertz CT molecular complexity index is 656. The predicted molar refractivity (Wildman–Crippen MR) is 92.3 cm³/mol. The Morgan fingerprint density at radius 2 is 2.09 bits per heavy atom. The average Bonchev–Trinajstić information content (AvgIpc) is 3.04. The SMILES string of the molecule is CCCc1c(-c2nccs2)c(C(N)=O)c(C)n1C(C)C(C)C. The molecule has 2 heterocycles. The molecule has 5 heteroatoms. The number of hydrogen-bond donors (Lipinski definition) is 1. The minimum atomic E-state index is -0.366. The quantitative estimate of drug-likeness (QED) is 0.868. The smallest absolute Gasteiger partial charge is 0.251 e. The van der Waals surface area contributed by atoms with Gasteiger partial charge in [0.05, 0.1) is 5.56 Å². The first-order valence-electron chi connectivity index (χ1n) is 7.83. The third-order valence-corrected chi connectivity index (χ3v) is 5.09. The van der Waals surface area contributed by atoms with Gasteiger partial charge in [-0.25, -0.2) is 4.98 Å². The van der Waals surface area contributed by atoms with Crippen molar-refractivity contribution in [2.75, 3.05) is 0 Å². The van der Waals surface area contributed by atoms with E-state index in [9.17, 15) is 4.79 Å². The lowest BCUT2D eigenvalue weighted by Gasteiger charge is -2.23. The summed E-state index contributed by atoms with van der Waals surface area (Å²) < 4.78 is 2.30. The van der Waals surface area contributed by atoms with Crippen LogP contribution in [0.25, 0.3) is 10.6 Å². The van der Waals surface area contributed by atoms with E-state index in [4.69, 9.17) is 5.73 Å². The van der Waals surface area contributed by atoms with Crippen molar-refractivity contribution in [2.45, 2.75) is 53.5 Å². The zero-order valence-electron chi connectivity index (χ0n) is 14.0. The summed E-state index contributed by atoms with van der Waals surface area (Å²) in [7, 11) is 0. The second-order valence-corrected chi connectivity index (χ2v) is 6.98. The molecule has 0 saturated carbocycles. The van der Waals surface area contributed by atoms with Gasteiger partial charge in [-0.2, -0.15) is 0 Å². The summed E-state index contributed by atoms with van der Waals surface area (Å²) in [5.74, 6) is 0.112. The van der Waals surface area contributed by atoms with Crippen LogP contribution in [0.5, 0.6) is 0 Å². The van der Waals surface area contributed by atoms with Crippen molar-refractivity contribution in [3.8, 4) is 10.6 Å². The van der Waals surface area contributed by atoms with Crippen LogP contribution >= 0.6 is 11.3 Å². The Morgan fingerprint density at radius 1 is 1.41 bits per heavy atom. The Balaban J connectivity index is 2.80. The highest BCUT2D eigenvalue weighted by atomic mass is 32.1. The first kappa shape index (κ1) is 16.7. The standard InChI is InChI=1S/C17H25N3OS/c1-6-7-13-15(17-19-8-9-22-17)14(16(18)21)12(5)20(13)11(4)10(2)3/h8-11H,6-7H2,1-5H3,(H2,18,21). The number of hydrogen-bond acceptors (Lipinski definition) is 3. The van der Waals surface area contributed by atoms with Crippen molar-refractivity contribution in [2.24, 2.45) is 11.7 Å². The third-order valence-electron chi connectivity index (χ3n) is 4.30. The molecule has 0 aliphatic heterocycles. The van der Waals surface area contributed by atoms with Crippen molar-refractivity contribution in [3.05, 3.63) is 28.5 Å². The van der Waals surface area contributed by atoms with Gasteiger partial charge in [-0.1, -0.05) is 27.2 Å². The summed E-state index contributed by atoms with van der Waals surface area (Å²) in [6.45, 7) is 10.8. The number of nitrogens with zero attached hydrogens (tertiary/aromatic N) is 2. The molecule has 0 aromatic carbocycles. The van der Waals surface area contributed by atoms with Crippen LogP contribution in [0.15, 0.2) is 11.6 Å². The lowest BCUT2D eigenvalue weighted by atomic mass is 10.0. The number of amides is 1. The Morgan fingerprint density at radius 3 is 2.55 bits per heavy atom. The fraction of sp³-hybridized carbons (Fsp3) is 0.529. The molecule has 0 fully saturated rings. The summed E-state index contributed by atoms with van der Waals surface area (Å²) in [5, 5.41) is 2.82. The molecule has 0 spiro atoms. The number of carbonyl (C=O) groups excluding carboxylic acids is 1. The third kappa shape index (κ3) is 2.82. The van der Waals surface area contributed by atoms with Crippen LogP contribution in [0, 0.1) is 12.8 Å². The van der Waals surface area contributed by atoms with E-state index < -0.39 is 0 Å². The van der Waals surface area contributed by atoms with Gasteiger partial charge in [-0.05, 0) is 26.2 Å². The zero-order chi connectivity index (χ0) is 16.4. The van der Waals surface area contributed by atoms with E-state index in [1.807, 2.05) is 12.3 Å².